The molecule has 0 saturated heterocycles. The van der Waals surface area contributed by atoms with Gasteiger partial charge < -0.3 is 10.4 Å². The number of aliphatic hydroxyl groups is 1. The molecular formula is C15H15NO4. The third-order valence-electron chi connectivity index (χ3n) is 4.12. The first-order valence-corrected chi connectivity index (χ1v) is 6.71. The molecule has 3 rings (SSSR count). The number of hydrogen-bond acceptors (Lipinski definition) is 4. The van der Waals surface area contributed by atoms with Gasteiger partial charge in [0.2, 0.25) is 0 Å². The van der Waals surface area contributed by atoms with Gasteiger partial charge in [0.1, 0.15) is 11.6 Å². The Morgan fingerprint density at radius 3 is 2.80 bits per heavy atom. The van der Waals surface area contributed by atoms with Crippen molar-refractivity contribution in [2.75, 3.05) is 5.32 Å². The van der Waals surface area contributed by atoms with E-state index in [1.165, 1.54) is 0 Å². The fourth-order valence-corrected chi connectivity index (χ4v) is 3.01. The van der Waals surface area contributed by atoms with Gasteiger partial charge in [0.25, 0.3) is 5.91 Å². The fraction of sp³-hybridized carbons (Fsp3) is 0.400. The molecule has 0 spiro atoms. The van der Waals surface area contributed by atoms with E-state index in [4.69, 9.17) is 0 Å². The summed E-state index contributed by atoms with van der Waals surface area (Å²) in [5.41, 5.74) is -0.925. The van der Waals surface area contributed by atoms with Crippen molar-refractivity contribution in [1.82, 2.24) is 0 Å². The van der Waals surface area contributed by atoms with Crippen molar-refractivity contribution in [2.45, 2.75) is 31.3 Å². The van der Waals surface area contributed by atoms with Gasteiger partial charge in [0.15, 0.2) is 5.60 Å². The number of benzene rings is 1. The van der Waals surface area contributed by atoms with Crippen LogP contribution in [0.3, 0.4) is 0 Å². The van der Waals surface area contributed by atoms with E-state index in [1.54, 1.807) is 24.3 Å². The standard InChI is InChI=1S/C15H15NO4/c17-12-7-3-4-9(12)13(18)8-15(20)10-5-1-2-6-11(10)16-14(15)19/h1-2,5-6,9,20H,3-4,7-8H2,(H,16,19). The molecule has 1 aliphatic heterocycles. The highest BCUT2D eigenvalue weighted by molar-refractivity contribution is 6.10. The third kappa shape index (κ3) is 1.86. The Morgan fingerprint density at radius 2 is 2.10 bits per heavy atom. The largest absolute Gasteiger partial charge is 0.375 e. The minimum atomic E-state index is -1.85. The zero-order chi connectivity index (χ0) is 14.3. The zero-order valence-corrected chi connectivity index (χ0v) is 10.9. The average molecular weight is 273 g/mol. The van der Waals surface area contributed by atoms with E-state index < -0.39 is 17.4 Å². The van der Waals surface area contributed by atoms with Crippen LogP contribution in [0.25, 0.3) is 0 Å². The second-order valence-corrected chi connectivity index (χ2v) is 5.41. The van der Waals surface area contributed by atoms with Crippen LogP contribution >= 0.6 is 0 Å². The van der Waals surface area contributed by atoms with Crippen LogP contribution in [0.15, 0.2) is 24.3 Å². The molecule has 0 bridgehead atoms. The summed E-state index contributed by atoms with van der Waals surface area (Å²) in [6.07, 6.45) is 1.30. The van der Waals surface area contributed by atoms with Crippen molar-refractivity contribution < 1.29 is 19.5 Å². The Kier molecular flexibility index (Phi) is 2.94. The number of carbonyl (C=O) groups is 3. The lowest BCUT2D eigenvalue weighted by Gasteiger charge is -2.21. The van der Waals surface area contributed by atoms with Crippen molar-refractivity contribution in [3.05, 3.63) is 29.8 Å². The highest BCUT2D eigenvalue weighted by Crippen LogP contribution is 2.39. The minimum Gasteiger partial charge on any atom is -0.375 e. The first-order chi connectivity index (χ1) is 9.52. The molecule has 1 saturated carbocycles. The van der Waals surface area contributed by atoms with Crippen LogP contribution in [0, 0.1) is 5.92 Å². The van der Waals surface area contributed by atoms with E-state index >= 15 is 0 Å². The highest BCUT2D eigenvalue weighted by atomic mass is 16.3. The number of ketones is 2. The number of para-hydroxylation sites is 1. The highest BCUT2D eigenvalue weighted by Gasteiger charge is 2.48. The van der Waals surface area contributed by atoms with Gasteiger partial charge in [0, 0.05) is 24.1 Å². The maximum atomic E-state index is 12.2. The van der Waals surface area contributed by atoms with Gasteiger partial charge in [-0.3, -0.25) is 14.4 Å². The predicted octanol–water partition coefficient (Wildman–Crippen LogP) is 1.15. The second kappa shape index (κ2) is 4.52. The predicted molar refractivity (Wildman–Crippen MR) is 70.9 cm³/mol. The molecule has 104 valence electrons. The van der Waals surface area contributed by atoms with Crippen LogP contribution < -0.4 is 5.32 Å². The van der Waals surface area contributed by atoms with E-state index in [0.717, 1.165) is 0 Å². The maximum absolute atomic E-state index is 12.2. The smallest absolute Gasteiger partial charge is 0.261 e. The van der Waals surface area contributed by atoms with Crippen molar-refractivity contribution >= 4 is 23.2 Å². The van der Waals surface area contributed by atoms with E-state index in [1.807, 2.05) is 0 Å². The van der Waals surface area contributed by atoms with Crippen LogP contribution in [0.4, 0.5) is 5.69 Å². The SMILES string of the molecule is O=C1CCCC1C(=O)CC1(O)C(=O)Nc2ccccc21. The lowest BCUT2D eigenvalue weighted by atomic mass is 9.85. The Bertz CT molecular complexity index is 610. The average Bonchev–Trinajstić information content (AvgIpc) is 2.94. The zero-order valence-electron chi connectivity index (χ0n) is 10.9. The summed E-state index contributed by atoms with van der Waals surface area (Å²) in [5, 5.41) is 13.2. The molecule has 1 fully saturated rings. The van der Waals surface area contributed by atoms with E-state index in [9.17, 15) is 19.5 Å². The van der Waals surface area contributed by atoms with Gasteiger partial charge >= 0.3 is 0 Å². The topological polar surface area (TPSA) is 83.5 Å². The summed E-state index contributed by atoms with van der Waals surface area (Å²) >= 11 is 0. The number of rotatable bonds is 3. The summed E-state index contributed by atoms with van der Waals surface area (Å²) in [5.74, 6) is -1.68. The molecule has 1 aromatic carbocycles. The summed E-state index contributed by atoms with van der Waals surface area (Å²) in [6.45, 7) is 0. The van der Waals surface area contributed by atoms with Crippen molar-refractivity contribution in [1.29, 1.82) is 0 Å². The van der Waals surface area contributed by atoms with Crippen LogP contribution in [0.2, 0.25) is 0 Å². The minimum absolute atomic E-state index is 0.0784. The number of amides is 1. The molecular weight excluding hydrogens is 258 g/mol. The normalized spacial score (nSPS) is 28.4. The number of Topliss-reactive ketones (excluding diaryl/α,β-unsaturated/α-hetero) is 2. The molecule has 0 radical (unpaired) electrons. The number of fused-ring (bicyclic) bond motifs is 1. The molecule has 1 amide bonds. The van der Waals surface area contributed by atoms with Gasteiger partial charge in [-0.05, 0) is 18.9 Å². The monoisotopic (exact) mass is 273 g/mol. The Balaban J connectivity index is 1.88. The van der Waals surface area contributed by atoms with Gasteiger partial charge in [-0.25, -0.2) is 0 Å². The van der Waals surface area contributed by atoms with Crippen LogP contribution in [-0.4, -0.2) is 22.6 Å². The van der Waals surface area contributed by atoms with E-state index in [-0.39, 0.29) is 18.0 Å². The lowest BCUT2D eigenvalue weighted by Crippen LogP contribution is -2.38. The summed E-state index contributed by atoms with van der Waals surface area (Å²) in [6, 6.07) is 6.75. The first kappa shape index (κ1) is 13.0. The molecule has 0 aromatic heterocycles. The lowest BCUT2D eigenvalue weighted by molar-refractivity contribution is -0.143. The number of carbonyl (C=O) groups excluding carboxylic acids is 3. The Labute approximate surface area is 116 Å². The second-order valence-electron chi connectivity index (χ2n) is 5.41. The molecule has 20 heavy (non-hydrogen) atoms. The quantitative estimate of drug-likeness (QED) is 0.809. The van der Waals surface area contributed by atoms with Gasteiger partial charge in [-0.1, -0.05) is 18.2 Å². The van der Waals surface area contributed by atoms with E-state index in [0.29, 0.717) is 30.5 Å². The van der Waals surface area contributed by atoms with E-state index in [2.05, 4.69) is 5.32 Å². The molecule has 2 N–H and O–H groups in total. The van der Waals surface area contributed by atoms with Crippen molar-refractivity contribution in [3.63, 3.8) is 0 Å². The molecule has 2 atom stereocenters. The molecule has 1 aromatic rings. The molecule has 2 aliphatic rings. The van der Waals surface area contributed by atoms with Crippen LogP contribution in [-0.2, 0) is 20.0 Å². The molecule has 1 heterocycles. The maximum Gasteiger partial charge on any atom is 0.261 e. The molecule has 1 aliphatic carbocycles. The number of nitrogens with one attached hydrogen (secondary N) is 1. The van der Waals surface area contributed by atoms with Gasteiger partial charge in [-0.15, -0.1) is 0 Å². The summed E-state index contributed by atoms with van der Waals surface area (Å²) in [4.78, 5) is 35.8. The van der Waals surface area contributed by atoms with Crippen molar-refractivity contribution in [3.8, 4) is 0 Å². The molecule has 5 heteroatoms. The van der Waals surface area contributed by atoms with Crippen LogP contribution in [0.1, 0.15) is 31.2 Å². The van der Waals surface area contributed by atoms with Gasteiger partial charge in [-0.2, -0.15) is 0 Å². The van der Waals surface area contributed by atoms with Crippen molar-refractivity contribution in [2.24, 2.45) is 5.92 Å². The Morgan fingerprint density at radius 1 is 1.35 bits per heavy atom. The van der Waals surface area contributed by atoms with Gasteiger partial charge in [0.05, 0.1) is 5.92 Å². The third-order valence-corrected chi connectivity index (χ3v) is 4.12. The van der Waals surface area contributed by atoms with Crippen LogP contribution in [0.5, 0.6) is 0 Å². The molecule has 5 nitrogen and oxygen atoms in total. The molecule has 2 unspecified atom stereocenters. The first-order valence-electron chi connectivity index (χ1n) is 6.71. The number of hydrogen-bond donors (Lipinski definition) is 2. The summed E-state index contributed by atoms with van der Waals surface area (Å²) < 4.78 is 0. The Hall–Kier alpha value is -2.01. The number of anilines is 1. The fourth-order valence-electron chi connectivity index (χ4n) is 3.01. The summed E-state index contributed by atoms with van der Waals surface area (Å²) in [7, 11) is 0.